The molecule has 14 rings (SSSR count). The number of hydrogen-bond donors (Lipinski definition) is 0. The average Bonchev–Trinajstić information content (AvgIpc) is 3.93. The molecule has 10 aromatic rings. The lowest BCUT2D eigenvalue weighted by Gasteiger charge is -2.46. The molecule has 2 aliphatic carbocycles. The molecule has 0 radical (unpaired) electrons. The Kier molecular flexibility index (Phi) is 11.7. The van der Waals surface area contributed by atoms with Crippen LogP contribution in [0.1, 0.15) is 130 Å². The van der Waals surface area contributed by atoms with Gasteiger partial charge in [-0.05, 0) is 187 Å². The van der Waals surface area contributed by atoms with E-state index in [1.54, 1.807) is 0 Å². The van der Waals surface area contributed by atoms with Crippen molar-refractivity contribution < 1.29 is 0 Å². The molecule has 0 bridgehead atoms. The van der Waals surface area contributed by atoms with Gasteiger partial charge in [0.2, 0.25) is 0 Å². The van der Waals surface area contributed by atoms with Crippen molar-refractivity contribution >= 4 is 95.0 Å². The normalized spacial score (nSPS) is 17.0. The first-order valence-corrected chi connectivity index (χ1v) is 30.4. The fraction of sp³-hybridized carbons (Fsp3) is 0.263. The molecule has 0 saturated carbocycles. The van der Waals surface area contributed by atoms with E-state index >= 15 is 0 Å². The third-order valence-electron chi connectivity index (χ3n) is 19.3. The van der Waals surface area contributed by atoms with Crippen LogP contribution >= 0.6 is 11.3 Å². The summed E-state index contributed by atoms with van der Waals surface area (Å²) in [5.41, 5.74) is 25.5. The van der Waals surface area contributed by atoms with Gasteiger partial charge in [0.15, 0.2) is 0 Å². The molecule has 3 nitrogen and oxygen atoms in total. The first-order valence-electron chi connectivity index (χ1n) is 29.6. The number of hydrogen-bond acceptors (Lipinski definition) is 4. The maximum absolute atomic E-state index is 2.74. The number of anilines is 9. The third kappa shape index (κ3) is 8.34. The zero-order valence-electron chi connectivity index (χ0n) is 49.2. The highest BCUT2D eigenvalue weighted by molar-refractivity contribution is 7.33. The molecule has 0 saturated heterocycles. The SMILES string of the molecule is CC(C)(C)c1ccc(N2c3cc(-c4ccccc4)ccc3B3c4sc5cc6c(cc5c4N(c4ccc5c(c4)C(C)(C)CCC5(C)C)c4cc(N(c5ccccc5)c5ccccc5)cc2c43)C(C)(C)CCC6(C)C)c(-c2ccccc2)c1. The standard InChI is InChI=1S/C76H74BN3S/c1-72(2,3)52-33-37-64(57(43-52)50-26-18-13-19-27-50)80-65-42-51(49-24-16-12-17-25-49)32-36-63(65)77-69-66(45-56(46-67(69)80)78(53-28-20-14-21-29-53)54-30-22-15-23-31-54)79(55-34-35-59-60(44-55)74(6,7)39-38-73(59,4)5)70-58-47-61-62(48-68(58)81-71(70)77)76(10,11)41-40-75(61,8)9/h12-37,42-48H,38-41H2,1-11H3. The molecule has 2 aliphatic heterocycles. The van der Waals surface area contributed by atoms with Crippen molar-refractivity contribution in [1.29, 1.82) is 0 Å². The van der Waals surface area contributed by atoms with Crippen LogP contribution in [0.5, 0.6) is 0 Å². The van der Waals surface area contributed by atoms with Crippen LogP contribution in [0.3, 0.4) is 0 Å². The van der Waals surface area contributed by atoms with E-state index in [-0.39, 0.29) is 33.8 Å². The van der Waals surface area contributed by atoms with Gasteiger partial charge < -0.3 is 14.7 Å². The molecule has 0 fully saturated rings. The molecule has 0 N–H and O–H groups in total. The van der Waals surface area contributed by atoms with Crippen LogP contribution < -0.4 is 30.4 Å². The molecule has 0 atom stereocenters. The Morgan fingerprint density at radius 2 is 0.963 bits per heavy atom. The molecule has 5 heteroatoms. The number of para-hydroxylation sites is 2. The molecule has 0 amide bonds. The zero-order valence-corrected chi connectivity index (χ0v) is 50.0. The van der Waals surface area contributed by atoms with Crippen molar-refractivity contribution in [3.8, 4) is 22.3 Å². The van der Waals surface area contributed by atoms with Gasteiger partial charge >= 0.3 is 0 Å². The van der Waals surface area contributed by atoms with E-state index in [2.05, 4.69) is 291 Å². The lowest BCUT2D eigenvalue weighted by Crippen LogP contribution is -2.60. The lowest BCUT2D eigenvalue weighted by molar-refractivity contribution is 0.332. The molecule has 0 spiro atoms. The van der Waals surface area contributed by atoms with Crippen LogP contribution in [-0.4, -0.2) is 6.71 Å². The summed E-state index contributed by atoms with van der Waals surface area (Å²) in [6.45, 7) is 26.7. The lowest BCUT2D eigenvalue weighted by atomic mass is 9.36. The number of rotatable bonds is 7. The van der Waals surface area contributed by atoms with Crippen LogP contribution in [-0.2, 0) is 27.1 Å². The summed E-state index contributed by atoms with van der Waals surface area (Å²) in [4.78, 5) is 7.90. The Bertz CT molecular complexity index is 4070. The van der Waals surface area contributed by atoms with Crippen LogP contribution in [0, 0.1) is 0 Å². The maximum atomic E-state index is 2.74. The number of thiophene rings is 1. The highest BCUT2D eigenvalue weighted by Crippen LogP contribution is 2.56. The van der Waals surface area contributed by atoms with Crippen molar-refractivity contribution in [1.82, 2.24) is 0 Å². The Labute approximate surface area is 486 Å². The van der Waals surface area contributed by atoms with Gasteiger partial charge in [-0.25, -0.2) is 0 Å². The summed E-state index contributed by atoms with van der Waals surface area (Å²) >= 11 is 2.04. The summed E-state index contributed by atoms with van der Waals surface area (Å²) < 4.78 is 2.78. The van der Waals surface area contributed by atoms with Gasteiger partial charge in [-0.15, -0.1) is 11.3 Å². The third-order valence-corrected chi connectivity index (χ3v) is 20.5. The predicted molar refractivity (Wildman–Crippen MR) is 351 cm³/mol. The second kappa shape index (κ2) is 18.5. The molecule has 402 valence electrons. The zero-order chi connectivity index (χ0) is 56.0. The largest absolute Gasteiger partial charge is 0.311 e. The van der Waals surface area contributed by atoms with E-state index in [1.807, 2.05) is 11.3 Å². The highest BCUT2D eigenvalue weighted by atomic mass is 32.1. The average molecular weight is 1070 g/mol. The molecular weight excluding hydrogens is 998 g/mol. The monoisotopic (exact) mass is 1070 g/mol. The molecular formula is C76H74BN3S. The topological polar surface area (TPSA) is 9.72 Å². The molecule has 81 heavy (non-hydrogen) atoms. The highest BCUT2D eigenvalue weighted by Gasteiger charge is 2.48. The first kappa shape index (κ1) is 51.5. The molecule has 9 aromatic carbocycles. The summed E-state index contributed by atoms with van der Waals surface area (Å²) in [5, 5.41) is 1.35. The van der Waals surface area contributed by atoms with Crippen LogP contribution in [0.15, 0.2) is 200 Å². The van der Waals surface area contributed by atoms with Crippen LogP contribution in [0.25, 0.3) is 32.3 Å². The summed E-state index contributed by atoms with van der Waals surface area (Å²) in [6, 6.07) is 76.8. The number of nitrogens with zero attached hydrogens (tertiary/aromatic N) is 3. The number of fused-ring (bicyclic) bond motifs is 8. The quantitative estimate of drug-likeness (QED) is 0.147. The van der Waals surface area contributed by atoms with Gasteiger partial charge in [0.25, 0.3) is 6.71 Å². The predicted octanol–water partition coefficient (Wildman–Crippen LogP) is 19.8. The Hall–Kier alpha value is -7.60. The Morgan fingerprint density at radius 1 is 0.432 bits per heavy atom. The van der Waals surface area contributed by atoms with E-state index in [1.165, 1.54) is 117 Å². The second-order valence-corrected chi connectivity index (χ2v) is 28.6. The molecule has 1 aromatic heterocycles. The van der Waals surface area contributed by atoms with Crippen molar-refractivity contribution in [3.63, 3.8) is 0 Å². The van der Waals surface area contributed by atoms with E-state index in [4.69, 9.17) is 0 Å². The van der Waals surface area contributed by atoms with Crippen LogP contribution in [0.4, 0.5) is 51.2 Å². The Morgan fingerprint density at radius 3 is 1.56 bits per heavy atom. The van der Waals surface area contributed by atoms with Gasteiger partial charge in [0, 0.05) is 54.6 Å². The van der Waals surface area contributed by atoms with E-state index < -0.39 is 0 Å². The summed E-state index contributed by atoms with van der Waals surface area (Å²) in [6.07, 6.45) is 4.64. The van der Waals surface area contributed by atoms with E-state index in [0.717, 1.165) is 35.6 Å². The summed E-state index contributed by atoms with van der Waals surface area (Å²) in [5.74, 6) is 0. The van der Waals surface area contributed by atoms with Crippen molar-refractivity contribution in [2.45, 2.75) is 129 Å². The van der Waals surface area contributed by atoms with Crippen molar-refractivity contribution in [3.05, 3.63) is 228 Å². The maximum Gasteiger partial charge on any atom is 0.264 e. The molecule has 3 heterocycles. The molecule has 0 unspecified atom stereocenters. The fourth-order valence-electron chi connectivity index (χ4n) is 14.4. The van der Waals surface area contributed by atoms with Gasteiger partial charge in [-0.2, -0.15) is 0 Å². The second-order valence-electron chi connectivity index (χ2n) is 27.5. The smallest absolute Gasteiger partial charge is 0.264 e. The summed E-state index contributed by atoms with van der Waals surface area (Å²) in [7, 11) is 0. The van der Waals surface area contributed by atoms with Crippen molar-refractivity contribution in [2.75, 3.05) is 14.7 Å². The van der Waals surface area contributed by atoms with E-state index in [0.29, 0.717) is 0 Å². The van der Waals surface area contributed by atoms with Gasteiger partial charge in [0.05, 0.1) is 17.1 Å². The van der Waals surface area contributed by atoms with Gasteiger partial charge in [-0.3, -0.25) is 0 Å². The van der Waals surface area contributed by atoms with Crippen LogP contribution in [0.2, 0.25) is 0 Å². The van der Waals surface area contributed by atoms with E-state index in [9.17, 15) is 0 Å². The molecule has 4 aliphatic rings. The number of benzene rings is 9. The Balaban J connectivity index is 1.16. The first-order chi connectivity index (χ1) is 38.8. The fourth-order valence-corrected chi connectivity index (χ4v) is 15.7. The minimum absolute atomic E-state index is 0.00532. The van der Waals surface area contributed by atoms with Gasteiger partial charge in [0.1, 0.15) is 0 Å². The van der Waals surface area contributed by atoms with Crippen molar-refractivity contribution in [2.24, 2.45) is 0 Å². The minimum atomic E-state index is -0.0707. The van der Waals surface area contributed by atoms with Gasteiger partial charge in [-0.1, -0.05) is 197 Å². The minimum Gasteiger partial charge on any atom is -0.311 e.